The van der Waals surface area contributed by atoms with Crippen LogP contribution in [-0.2, 0) is 6.18 Å². The first-order valence-electron chi connectivity index (χ1n) is 7.00. The molecule has 0 heterocycles. The van der Waals surface area contributed by atoms with Crippen molar-refractivity contribution in [3.8, 4) is 22.6 Å². The van der Waals surface area contributed by atoms with Crippen molar-refractivity contribution < 1.29 is 35.8 Å². The summed E-state index contributed by atoms with van der Waals surface area (Å²) in [5.74, 6) is -0.767. The second-order valence-electron chi connectivity index (χ2n) is 4.92. The van der Waals surface area contributed by atoms with E-state index >= 15 is 0 Å². The van der Waals surface area contributed by atoms with E-state index < -0.39 is 23.9 Å². The zero-order valence-corrected chi connectivity index (χ0v) is 13.8. The molecule has 0 radical (unpaired) electrons. The van der Waals surface area contributed by atoms with E-state index in [0.717, 1.165) is 18.2 Å². The second-order valence-corrected chi connectivity index (χ2v) is 4.92. The summed E-state index contributed by atoms with van der Waals surface area (Å²) in [5.41, 5.74) is 5.19. The maximum atomic E-state index is 12.6. The standard InChI is InChI=1S/C16H13F6NO2.ClH/c17-15(18,19)12-4-1-10(2-5-12)11-3-6-13(25-16(20,21)22)14(9-11)24-8-7-23;/h1-6,9H,7-8,23H2;1H. The molecular weight excluding hydrogens is 388 g/mol. The molecule has 0 aliphatic rings. The Balaban J connectivity index is 0.00000338. The van der Waals surface area contributed by atoms with E-state index in [4.69, 9.17) is 10.5 Å². The largest absolute Gasteiger partial charge is 0.573 e. The van der Waals surface area contributed by atoms with Gasteiger partial charge in [-0.15, -0.1) is 25.6 Å². The molecule has 2 rings (SSSR count). The van der Waals surface area contributed by atoms with Crippen LogP contribution >= 0.6 is 12.4 Å². The lowest BCUT2D eigenvalue weighted by atomic mass is 10.0. The van der Waals surface area contributed by atoms with E-state index in [-0.39, 0.29) is 31.3 Å². The lowest BCUT2D eigenvalue weighted by molar-refractivity contribution is -0.275. The van der Waals surface area contributed by atoms with Gasteiger partial charge < -0.3 is 15.2 Å². The topological polar surface area (TPSA) is 44.5 Å². The van der Waals surface area contributed by atoms with E-state index in [1.807, 2.05) is 0 Å². The summed E-state index contributed by atoms with van der Waals surface area (Å²) in [4.78, 5) is 0. The number of rotatable bonds is 5. The summed E-state index contributed by atoms with van der Waals surface area (Å²) in [7, 11) is 0. The van der Waals surface area contributed by atoms with E-state index in [1.165, 1.54) is 24.3 Å². The van der Waals surface area contributed by atoms with Gasteiger partial charge in [0.25, 0.3) is 0 Å². The van der Waals surface area contributed by atoms with Gasteiger partial charge in [0.15, 0.2) is 11.5 Å². The van der Waals surface area contributed by atoms with Crippen molar-refractivity contribution in [1.29, 1.82) is 0 Å². The summed E-state index contributed by atoms with van der Waals surface area (Å²) in [6, 6.07) is 7.78. The van der Waals surface area contributed by atoms with Crippen molar-refractivity contribution in [3.63, 3.8) is 0 Å². The highest BCUT2D eigenvalue weighted by atomic mass is 35.5. The molecule has 0 amide bonds. The van der Waals surface area contributed by atoms with Gasteiger partial charge in [0.2, 0.25) is 0 Å². The Labute approximate surface area is 151 Å². The number of hydrogen-bond acceptors (Lipinski definition) is 3. The molecule has 26 heavy (non-hydrogen) atoms. The van der Waals surface area contributed by atoms with Crippen molar-refractivity contribution >= 4 is 12.4 Å². The van der Waals surface area contributed by atoms with Crippen LogP contribution in [0.1, 0.15) is 5.56 Å². The Morgan fingerprint density at radius 2 is 1.38 bits per heavy atom. The van der Waals surface area contributed by atoms with Crippen molar-refractivity contribution in [1.82, 2.24) is 0 Å². The highest BCUT2D eigenvalue weighted by Gasteiger charge is 2.33. The lowest BCUT2D eigenvalue weighted by Crippen LogP contribution is -2.18. The minimum Gasteiger partial charge on any atom is -0.488 e. The van der Waals surface area contributed by atoms with Crippen LogP contribution in [0.4, 0.5) is 26.3 Å². The number of ether oxygens (including phenoxy) is 2. The van der Waals surface area contributed by atoms with Crippen LogP contribution in [-0.4, -0.2) is 19.5 Å². The molecule has 0 atom stereocenters. The zero-order chi connectivity index (χ0) is 18.7. The summed E-state index contributed by atoms with van der Waals surface area (Å²) < 4.78 is 84.0. The summed E-state index contributed by atoms with van der Waals surface area (Å²) in [6.45, 7) is 0.0145. The van der Waals surface area contributed by atoms with Crippen molar-refractivity contribution in [2.45, 2.75) is 12.5 Å². The molecule has 0 aliphatic carbocycles. The molecule has 2 aromatic rings. The summed E-state index contributed by atoms with van der Waals surface area (Å²) >= 11 is 0. The van der Waals surface area contributed by atoms with Gasteiger partial charge >= 0.3 is 12.5 Å². The highest BCUT2D eigenvalue weighted by Crippen LogP contribution is 2.37. The molecule has 2 aromatic carbocycles. The SMILES string of the molecule is Cl.NCCOc1cc(-c2ccc(C(F)(F)F)cc2)ccc1OC(F)(F)F. The number of benzene rings is 2. The minimum absolute atomic E-state index is 0. The molecular formula is C16H14ClF6NO2. The first kappa shape index (κ1) is 21.9. The van der Waals surface area contributed by atoms with Crippen LogP contribution in [0.25, 0.3) is 11.1 Å². The molecule has 0 saturated heterocycles. The Bertz CT molecular complexity index is 716. The third-order valence-electron chi connectivity index (χ3n) is 3.09. The average molecular weight is 402 g/mol. The summed E-state index contributed by atoms with van der Waals surface area (Å²) in [5, 5.41) is 0. The van der Waals surface area contributed by atoms with Crippen LogP contribution in [0.15, 0.2) is 42.5 Å². The fourth-order valence-corrected chi connectivity index (χ4v) is 2.03. The van der Waals surface area contributed by atoms with Crippen molar-refractivity contribution in [3.05, 3.63) is 48.0 Å². The first-order chi connectivity index (χ1) is 11.6. The monoisotopic (exact) mass is 401 g/mol. The first-order valence-corrected chi connectivity index (χ1v) is 7.00. The predicted molar refractivity (Wildman–Crippen MR) is 85.4 cm³/mol. The highest BCUT2D eigenvalue weighted by molar-refractivity contribution is 5.85. The van der Waals surface area contributed by atoms with Gasteiger partial charge in [0, 0.05) is 6.54 Å². The van der Waals surface area contributed by atoms with E-state index in [1.54, 1.807) is 0 Å². The Morgan fingerprint density at radius 3 is 1.88 bits per heavy atom. The molecule has 3 nitrogen and oxygen atoms in total. The maximum absolute atomic E-state index is 12.6. The van der Waals surface area contributed by atoms with E-state index in [0.29, 0.717) is 11.1 Å². The van der Waals surface area contributed by atoms with Gasteiger partial charge in [-0.1, -0.05) is 18.2 Å². The third-order valence-corrected chi connectivity index (χ3v) is 3.09. The molecule has 0 spiro atoms. The van der Waals surface area contributed by atoms with Gasteiger partial charge in [-0.05, 0) is 35.4 Å². The minimum atomic E-state index is -4.91. The van der Waals surface area contributed by atoms with Gasteiger partial charge in [0.1, 0.15) is 6.61 Å². The fraction of sp³-hybridized carbons (Fsp3) is 0.250. The zero-order valence-electron chi connectivity index (χ0n) is 13.0. The van der Waals surface area contributed by atoms with Crippen LogP contribution in [0.3, 0.4) is 0 Å². The van der Waals surface area contributed by atoms with Crippen LogP contribution in [0, 0.1) is 0 Å². The van der Waals surface area contributed by atoms with Crippen LogP contribution in [0.2, 0.25) is 0 Å². The van der Waals surface area contributed by atoms with Gasteiger partial charge in [0.05, 0.1) is 5.56 Å². The smallest absolute Gasteiger partial charge is 0.488 e. The number of hydrogen-bond donors (Lipinski definition) is 1. The second kappa shape index (κ2) is 8.50. The Kier molecular flexibility index (Phi) is 7.16. The fourth-order valence-electron chi connectivity index (χ4n) is 2.03. The van der Waals surface area contributed by atoms with Crippen LogP contribution in [0.5, 0.6) is 11.5 Å². The molecule has 0 aromatic heterocycles. The quantitative estimate of drug-likeness (QED) is 0.715. The molecule has 144 valence electrons. The van der Waals surface area contributed by atoms with E-state index in [2.05, 4.69) is 4.74 Å². The molecule has 10 heteroatoms. The van der Waals surface area contributed by atoms with Crippen molar-refractivity contribution in [2.24, 2.45) is 5.73 Å². The average Bonchev–Trinajstić information content (AvgIpc) is 2.52. The maximum Gasteiger partial charge on any atom is 0.573 e. The molecule has 2 N–H and O–H groups in total. The molecule has 0 bridgehead atoms. The van der Waals surface area contributed by atoms with Gasteiger partial charge in [-0.25, -0.2) is 0 Å². The van der Waals surface area contributed by atoms with Crippen LogP contribution < -0.4 is 15.2 Å². The normalized spacial score (nSPS) is 11.7. The summed E-state index contributed by atoms with van der Waals surface area (Å²) in [6.07, 6.45) is -9.38. The lowest BCUT2D eigenvalue weighted by Gasteiger charge is -2.15. The molecule has 0 unspecified atom stereocenters. The third kappa shape index (κ3) is 5.99. The Morgan fingerprint density at radius 1 is 0.808 bits per heavy atom. The molecule has 0 fully saturated rings. The number of alkyl halides is 6. The van der Waals surface area contributed by atoms with E-state index in [9.17, 15) is 26.3 Å². The predicted octanol–water partition coefficient (Wildman–Crippen LogP) is 5.03. The van der Waals surface area contributed by atoms with Gasteiger partial charge in [-0.3, -0.25) is 0 Å². The number of nitrogens with two attached hydrogens (primary N) is 1. The molecule has 0 aliphatic heterocycles. The van der Waals surface area contributed by atoms with Crippen molar-refractivity contribution in [2.75, 3.05) is 13.2 Å². The molecule has 0 saturated carbocycles. The number of halogens is 7. The van der Waals surface area contributed by atoms with Gasteiger partial charge in [-0.2, -0.15) is 13.2 Å². The Hall–Kier alpha value is -2.13.